The second kappa shape index (κ2) is 10.5. The van der Waals surface area contributed by atoms with Crippen molar-refractivity contribution in [2.75, 3.05) is 20.2 Å². The van der Waals surface area contributed by atoms with Crippen molar-refractivity contribution in [3.05, 3.63) is 40.1 Å². The van der Waals surface area contributed by atoms with E-state index in [4.69, 9.17) is 16.2 Å². The lowest BCUT2D eigenvalue weighted by atomic mass is 10.1. The molecule has 0 spiro atoms. The number of hydrogen-bond donors (Lipinski definition) is 3. The first-order valence-corrected chi connectivity index (χ1v) is 9.35. The predicted octanol–water partition coefficient (Wildman–Crippen LogP) is 1.08. The van der Waals surface area contributed by atoms with E-state index in [1.807, 2.05) is 18.2 Å². The summed E-state index contributed by atoms with van der Waals surface area (Å²) in [4.78, 5) is 16.0. The number of halogens is 1. The predicted molar refractivity (Wildman–Crippen MR) is 107 cm³/mol. The summed E-state index contributed by atoms with van der Waals surface area (Å²) in [6, 6.07) is 5.91. The molecule has 0 radical (unpaired) electrons. The van der Waals surface area contributed by atoms with Crippen molar-refractivity contribution in [3.8, 4) is 5.75 Å². The molecule has 1 heterocycles. The average molecular weight is 438 g/mol. The first-order chi connectivity index (χ1) is 13.0. The Labute approximate surface area is 166 Å². The third-order valence-electron chi connectivity index (χ3n) is 3.78. The quantitative estimate of drug-likeness (QED) is 0.289. The topological polar surface area (TPSA) is 133 Å². The molecule has 0 saturated carbocycles. The van der Waals surface area contributed by atoms with Gasteiger partial charge in [-0.2, -0.15) is 0 Å². The molecule has 9 nitrogen and oxygen atoms in total. The van der Waals surface area contributed by atoms with Crippen molar-refractivity contribution in [2.45, 2.75) is 25.8 Å². The van der Waals surface area contributed by atoms with Crippen LogP contribution in [-0.4, -0.2) is 47.1 Å². The van der Waals surface area contributed by atoms with E-state index in [0.29, 0.717) is 25.3 Å². The number of carbonyl (C=O) groups excluding carboxylic acids is 1. The minimum atomic E-state index is -0.240. The Balaban J connectivity index is 1.76. The molecule has 0 fully saturated rings. The Morgan fingerprint density at radius 2 is 2.19 bits per heavy atom. The van der Waals surface area contributed by atoms with Crippen LogP contribution in [0.5, 0.6) is 5.75 Å². The molecule has 2 rings (SSSR count). The number of nitrogens with one attached hydrogen (secondary N) is 1. The monoisotopic (exact) mass is 437 g/mol. The van der Waals surface area contributed by atoms with E-state index in [1.165, 1.54) is 0 Å². The lowest BCUT2D eigenvalue weighted by molar-refractivity contribution is 0.0948. The fourth-order valence-corrected chi connectivity index (χ4v) is 2.95. The first-order valence-electron chi connectivity index (χ1n) is 8.55. The van der Waals surface area contributed by atoms with E-state index in [0.717, 1.165) is 35.0 Å². The number of guanidine groups is 1. The highest BCUT2D eigenvalue weighted by atomic mass is 79.9. The normalized spacial score (nSPS) is 10.4. The van der Waals surface area contributed by atoms with Gasteiger partial charge in [-0.3, -0.25) is 14.5 Å². The van der Waals surface area contributed by atoms with Gasteiger partial charge >= 0.3 is 0 Å². The Bertz CT molecular complexity index is 787. The van der Waals surface area contributed by atoms with E-state index in [9.17, 15) is 4.79 Å². The smallest absolute Gasteiger partial charge is 0.273 e. The number of nitrogens with zero attached hydrogens (tertiary/aromatic N) is 4. The molecule has 0 bridgehead atoms. The summed E-state index contributed by atoms with van der Waals surface area (Å²) in [6.07, 6.45) is 3.98. The number of carbonyl (C=O) groups is 1. The van der Waals surface area contributed by atoms with Crippen molar-refractivity contribution in [1.82, 2.24) is 20.3 Å². The molecule has 0 atom stereocenters. The molecule has 0 aliphatic carbocycles. The van der Waals surface area contributed by atoms with Gasteiger partial charge in [0, 0.05) is 19.6 Å². The van der Waals surface area contributed by atoms with Crippen LogP contribution in [0.1, 0.15) is 28.9 Å². The zero-order valence-electron chi connectivity index (χ0n) is 15.2. The van der Waals surface area contributed by atoms with Gasteiger partial charge in [0.25, 0.3) is 5.91 Å². The molecule has 0 aliphatic heterocycles. The zero-order chi connectivity index (χ0) is 19.6. The highest BCUT2D eigenvalue weighted by Gasteiger charge is 2.10. The SMILES string of the molecule is COc1ccc(CCn2cc(C(=O)NCCCCN=C(N)N)nn2)cc1Br. The number of methoxy groups -OCH3 is 1. The van der Waals surface area contributed by atoms with Crippen LogP contribution < -0.4 is 21.5 Å². The maximum absolute atomic E-state index is 12.1. The number of benzene rings is 1. The number of aliphatic imine (C=N–C) groups is 1. The molecule has 0 saturated heterocycles. The summed E-state index contributed by atoms with van der Waals surface area (Å²) in [5, 5.41) is 10.7. The minimum Gasteiger partial charge on any atom is -0.496 e. The molecule has 5 N–H and O–H groups in total. The highest BCUT2D eigenvalue weighted by molar-refractivity contribution is 9.10. The van der Waals surface area contributed by atoms with Crippen LogP contribution in [0.25, 0.3) is 0 Å². The molecule has 1 aromatic heterocycles. The summed E-state index contributed by atoms with van der Waals surface area (Å²) in [6.45, 7) is 1.71. The number of amides is 1. The molecular weight excluding hydrogens is 414 g/mol. The van der Waals surface area contributed by atoms with Crippen LogP contribution in [0.3, 0.4) is 0 Å². The van der Waals surface area contributed by atoms with Crippen molar-refractivity contribution in [1.29, 1.82) is 0 Å². The van der Waals surface area contributed by atoms with Gasteiger partial charge < -0.3 is 21.5 Å². The van der Waals surface area contributed by atoms with Gasteiger partial charge in [-0.05, 0) is 52.9 Å². The van der Waals surface area contributed by atoms with E-state index in [-0.39, 0.29) is 11.9 Å². The Hall–Kier alpha value is -2.62. The summed E-state index contributed by atoms with van der Waals surface area (Å²) in [5.41, 5.74) is 11.9. The summed E-state index contributed by atoms with van der Waals surface area (Å²) >= 11 is 3.47. The third kappa shape index (κ3) is 6.89. The summed E-state index contributed by atoms with van der Waals surface area (Å²) in [7, 11) is 1.63. The molecule has 146 valence electrons. The van der Waals surface area contributed by atoms with Gasteiger partial charge in [0.2, 0.25) is 0 Å². The van der Waals surface area contributed by atoms with Crippen LogP contribution in [0.15, 0.2) is 33.9 Å². The number of nitrogens with two attached hydrogens (primary N) is 2. The van der Waals surface area contributed by atoms with Gasteiger partial charge in [0.15, 0.2) is 11.7 Å². The van der Waals surface area contributed by atoms with E-state index < -0.39 is 0 Å². The Morgan fingerprint density at radius 3 is 2.89 bits per heavy atom. The van der Waals surface area contributed by atoms with E-state index in [1.54, 1.807) is 18.0 Å². The highest BCUT2D eigenvalue weighted by Crippen LogP contribution is 2.25. The molecule has 2 aromatic rings. The minimum absolute atomic E-state index is 0.0812. The molecule has 10 heteroatoms. The standard InChI is InChI=1S/C17H24BrN7O2/c1-27-15-5-4-12(10-13(15)18)6-9-25-11-14(23-24-25)16(26)21-7-2-3-8-22-17(19)20/h4-5,10-11H,2-3,6-9H2,1H3,(H,21,26)(H4,19,20,22). The summed E-state index contributed by atoms with van der Waals surface area (Å²) in [5.74, 6) is 0.629. The molecular formula is C17H24BrN7O2. The lowest BCUT2D eigenvalue weighted by Gasteiger charge is -2.06. The van der Waals surface area contributed by atoms with Crippen molar-refractivity contribution in [3.63, 3.8) is 0 Å². The molecule has 0 aliphatic rings. The van der Waals surface area contributed by atoms with Crippen LogP contribution in [-0.2, 0) is 13.0 Å². The second-order valence-corrected chi connectivity index (χ2v) is 6.71. The van der Waals surface area contributed by atoms with Crippen LogP contribution in [0.4, 0.5) is 0 Å². The fourth-order valence-electron chi connectivity index (χ4n) is 2.36. The molecule has 1 amide bonds. The van der Waals surface area contributed by atoms with Gasteiger partial charge in [-0.25, -0.2) is 0 Å². The number of unbranched alkanes of at least 4 members (excludes halogenated alkanes) is 1. The van der Waals surface area contributed by atoms with Gasteiger partial charge in [0.1, 0.15) is 5.75 Å². The maximum Gasteiger partial charge on any atom is 0.273 e. The largest absolute Gasteiger partial charge is 0.496 e. The van der Waals surface area contributed by atoms with Gasteiger partial charge in [0.05, 0.1) is 17.8 Å². The van der Waals surface area contributed by atoms with E-state index in [2.05, 4.69) is 36.6 Å². The molecule has 1 aromatic carbocycles. The fraction of sp³-hybridized carbons (Fsp3) is 0.412. The zero-order valence-corrected chi connectivity index (χ0v) is 16.8. The van der Waals surface area contributed by atoms with Crippen LogP contribution >= 0.6 is 15.9 Å². The molecule has 0 unspecified atom stereocenters. The Kier molecular flexibility index (Phi) is 8.05. The summed E-state index contributed by atoms with van der Waals surface area (Å²) < 4.78 is 7.78. The van der Waals surface area contributed by atoms with Crippen molar-refractivity contribution >= 4 is 27.8 Å². The third-order valence-corrected chi connectivity index (χ3v) is 4.40. The van der Waals surface area contributed by atoms with Gasteiger partial charge in [-0.1, -0.05) is 11.3 Å². The van der Waals surface area contributed by atoms with Crippen LogP contribution in [0, 0.1) is 0 Å². The number of aryl methyl sites for hydroxylation is 2. The number of rotatable bonds is 10. The van der Waals surface area contributed by atoms with Crippen molar-refractivity contribution in [2.24, 2.45) is 16.5 Å². The van der Waals surface area contributed by atoms with E-state index >= 15 is 0 Å². The number of ether oxygens (including phenoxy) is 1. The number of hydrogen-bond acceptors (Lipinski definition) is 5. The molecule has 27 heavy (non-hydrogen) atoms. The van der Waals surface area contributed by atoms with Crippen molar-refractivity contribution < 1.29 is 9.53 Å². The second-order valence-electron chi connectivity index (χ2n) is 5.86. The lowest BCUT2D eigenvalue weighted by Crippen LogP contribution is -2.25. The number of aromatic nitrogens is 3. The Morgan fingerprint density at radius 1 is 1.37 bits per heavy atom. The maximum atomic E-state index is 12.1. The van der Waals surface area contributed by atoms with Gasteiger partial charge in [-0.15, -0.1) is 5.10 Å². The first kappa shape index (κ1) is 20.7. The van der Waals surface area contributed by atoms with Crippen LogP contribution in [0.2, 0.25) is 0 Å². The average Bonchev–Trinajstić information content (AvgIpc) is 3.11.